The number of aromatic nitrogens is 5. The predicted molar refractivity (Wildman–Crippen MR) is 105 cm³/mol. The number of rotatable bonds is 5. The molecule has 0 bridgehead atoms. The van der Waals surface area contributed by atoms with Gasteiger partial charge in [-0.2, -0.15) is 10.2 Å². The minimum absolute atomic E-state index is 0.108. The first-order valence-electron chi connectivity index (χ1n) is 8.94. The van der Waals surface area contributed by atoms with Crippen LogP contribution in [-0.4, -0.2) is 31.7 Å². The van der Waals surface area contributed by atoms with Crippen LogP contribution in [0.15, 0.2) is 41.3 Å². The molecular formula is C20H19N7O. The molecule has 28 heavy (non-hydrogen) atoms. The number of fused-ring (bicyclic) bond motifs is 1. The molecule has 0 fully saturated rings. The topological polar surface area (TPSA) is 96.7 Å². The zero-order chi connectivity index (χ0) is 19.7. The number of pyridine rings is 1. The molecule has 0 aliphatic rings. The van der Waals surface area contributed by atoms with Crippen molar-refractivity contribution in [2.45, 2.75) is 19.8 Å². The van der Waals surface area contributed by atoms with E-state index in [0.717, 1.165) is 40.1 Å². The highest BCUT2D eigenvalue weighted by Crippen LogP contribution is 2.31. The van der Waals surface area contributed by atoms with Gasteiger partial charge in [0.15, 0.2) is 0 Å². The van der Waals surface area contributed by atoms with Crippen LogP contribution in [0.4, 0.5) is 11.5 Å². The summed E-state index contributed by atoms with van der Waals surface area (Å²) in [5.74, 6) is 1.66. The molecule has 4 rings (SSSR count). The lowest BCUT2D eigenvalue weighted by molar-refractivity contribution is 0.388. The average molecular weight is 373 g/mol. The summed E-state index contributed by atoms with van der Waals surface area (Å²) >= 11 is 0. The van der Waals surface area contributed by atoms with Crippen molar-refractivity contribution in [3.05, 3.63) is 48.2 Å². The third-order valence-electron chi connectivity index (χ3n) is 4.72. The monoisotopic (exact) mass is 373 g/mol. The SMILES string of the molecule is CCc1cc(-c2noc(CC#N)n2)ccc1N(C)c1cc2c(cn1)ncn2C. The van der Waals surface area contributed by atoms with E-state index in [4.69, 9.17) is 9.78 Å². The highest BCUT2D eigenvalue weighted by molar-refractivity contribution is 5.79. The van der Waals surface area contributed by atoms with E-state index in [1.807, 2.05) is 42.9 Å². The molecule has 0 amide bonds. The number of aryl methyl sites for hydroxylation is 2. The lowest BCUT2D eigenvalue weighted by Gasteiger charge is -2.22. The summed E-state index contributed by atoms with van der Waals surface area (Å²) in [6, 6.07) is 10.1. The van der Waals surface area contributed by atoms with Gasteiger partial charge in [0.2, 0.25) is 11.7 Å². The Bertz CT molecular complexity index is 1180. The molecule has 1 aromatic carbocycles. The number of nitriles is 1. The summed E-state index contributed by atoms with van der Waals surface area (Å²) in [5, 5.41) is 12.7. The van der Waals surface area contributed by atoms with E-state index in [1.165, 1.54) is 0 Å². The van der Waals surface area contributed by atoms with Gasteiger partial charge >= 0.3 is 0 Å². The third kappa shape index (κ3) is 3.07. The summed E-state index contributed by atoms with van der Waals surface area (Å²) in [6.45, 7) is 2.10. The van der Waals surface area contributed by atoms with Crippen molar-refractivity contribution >= 4 is 22.5 Å². The van der Waals surface area contributed by atoms with E-state index in [1.54, 1.807) is 12.5 Å². The van der Waals surface area contributed by atoms with Crippen LogP contribution in [0.25, 0.3) is 22.4 Å². The Balaban J connectivity index is 1.70. The Hall–Kier alpha value is -3.73. The molecule has 8 heteroatoms. The molecule has 0 aliphatic heterocycles. The van der Waals surface area contributed by atoms with Crippen LogP contribution in [0.3, 0.4) is 0 Å². The largest absolute Gasteiger partial charge is 0.338 e. The first-order chi connectivity index (χ1) is 13.6. The van der Waals surface area contributed by atoms with Crippen LogP contribution < -0.4 is 4.90 Å². The Kier molecular flexibility index (Phi) is 4.49. The predicted octanol–water partition coefficient (Wildman–Crippen LogP) is 3.41. The van der Waals surface area contributed by atoms with Crippen molar-refractivity contribution < 1.29 is 4.52 Å². The standard InChI is InChI=1S/C20H19N7O/c1-4-13-9-14(20-24-19(7-8-21)28-25-20)5-6-16(13)27(3)18-10-17-15(11-22-18)23-12-26(17)2/h5-6,9-12H,4,7H2,1-3H3. The molecule has 0 atom stereocenters. The van der Waals surface area contributed by atoms with Crippen molar-refractivity contribution in [1.29, 1.82) is 5.26 Å². The molecule has 8 nitrogen and oxygen atoms in total. The second kappa shape index (κ2) is 7.12. The smallest absolute Gasteiger partial charge is 0.241 e. The molecule has 0 unspecified atom stereocenters. The first kappa shape index (κ1) is 17.7. The fraction of sp³-hybridized carbons (Fsp3) is 0.250. The van der Waals surface area contributed by atoms with Crippen molar-refractivity contribution in [3.63, 3.8) is 0 Å². The molecule has 3 heterocycles. The van der Waals surface area contributed by atoms with Gasteiger partial charge in [-0.05, 0) is 30.2 Å². The van der Waals surface area contributed by atoms with Crippen LogP contribution in [-0.2, 0) is 19.9 Å². The van der Waals surface area contributed by atoms with Crippen LogP contribution >= 0.6 is 0 Å². The van der Waals surface area contributed by atoms with Crippen molar-refractivity contribution in [2.24, 2.45) is 7.05 Å². The summed E-state index contributed by atoms with van der Waals surface area (Å²) in [5.41, 5.74) is 4.95. The van der Waals surface area contributed by atoms with Gasteiger partial charge in [0.05, 0.1) is 24.1 Å². The second-order valence-electron chi connectivity index (χ2n) is 6.49. The number of anilines is 2. The number of hydrogen-bond donors (Lipinski definition) is 0. The molecule has 0 saturated carbocycles. The lowest BCUT2D eigenvalue weighted by atomic mass is 10.0. The number of benzene rings is 1. The van der Waals surface area contributed by atoms with Gasteiger partial charge in [0.1, 0.15) is 17.8 Å². The van der Waals surface area contributed by atoms with Gasteiger partial charge in [-0.25, -0.2) is 9.97 Å². The molecule has 0 spiro atoms. The van der Waals surface area contributed by atoms with E-state index < -0.39 is 0 Å². The Morgan fingerprint density at radius 2 is 2.11 bits per heavy atom. The number of nitrogens with zero attached hydrogens (tertiary/aromatic N) is 7. The van der Waals surface area contributed by atoms with Gasteiger partial charge < -0.3 is 14.0 Å². The van der Waals surface area contributed by atoms with Crippen molar-refractivity contribution in [1.82, 2.24) is 24.7 Å². The molecule has 4 aromatic rings. The molecule has 3 aromatic heterocycles. The molecule has 0 saturated heterocycles. The zero-order valence-electron chi connectivity index (χ0n) is 15.9. The molecule has 140 valence electrons. The molecule has 0 N–H and O–H groups in total. The number of imidazole rings is 1. The van der Waals surface area contributed by atoms with Gasteiger partial charge in [-0.3, -0.25) is 0 Å². The molecule has 0 aliphatic carbocycles. The van der Waals surface area contributed by atoms with E-state index in [-0.39, 0.29) is 6.42 Å². The quantitative estimate of drug-likeness (QED) is 0.529. The fourth-order valence-electron chi connectivity index (χ4n) is 3.17. The fourth-order valence-corrected chi connectivity index (χ4v) is 3.17. The summed E-state index contributed by atoms with van der Waals surface area (Å²) in [4.78, 5) is 15.2. The number of hydrogen-bond acceptors (Lipinski definition) is 7. The summed E-state index contributed by atoms with van der Waals surface area (Å²) in [6.07, 6.45) is 4.52. The van der Waals surface area contributed by atoms with E-state index >= 15 is 0 Å². The van der Waals surface area contributed by atoms with Gasteiger partial charge in [-0.15, -0.1) is 0 Å². The maximum atomic E-state index is 8.76. The van der Waals surface area contributed by atoms with E-state index in [2.05, 4.69) is 38.0 Å². The second-order valence-corrected chi connectivity index (χ2v) is 6.49. The van der Waals surface area contributed by atoms with Crippen LogP contribution in [0.5, 0.6) is 0 Å². The average Bonchev–Trinajstić information content (AvgIpc) is 3.34. The minimum atomic E-state index is 0.108. The first-order valence-corrected chi connectivity index (χ1v) is 8.94. The maximum absolute atomic E-state index is 8.76. The Morgan fingerprint density at radius 1 is 1.25 bits per heavy atom. The maximum Gasteiger partial charge on any atom is 0.241 e. The lowest BCUT2D eigenvalue weighted by Crippen LogP contribution is -2.13. The summed E-state index contributed by atoms with van der Waals surface area (Å²) in [7, 11) is 3.97. The van der Waals surface area contributed by atoms with Gasteiger partial charge in [-0.1, -0.05) is 12.1 Å². The van der Waals surface area contributed by atoms with Crippen molar-refractivity contribution in [3.8, 4) is 17.5 Å². The Labute approximate surface area is 162 Å². The normalized spacial score (nSPS) is 10.9. The minimum Gasteiger partial charge on any atom is -0.338 e. The van der Waals surface area contributed by atoms with Crippen LogP contribution in [0.2, 0.25) is 0 Å². The molecule has 0 radical (unpaired) electrons. The highest BCUT2D eigenvalue weighted by atomic mass is 16.5. The van der Waals surface area contributed by atoms with E-state index in [9.17, 15) is 0 Å². The van der Waals surface area contributed by atoms with Gasteiger partial charge in [0, 0.05) is 31.4 Å². The van der Waals surface area contributed by atoms with Gasteiger partial charge in [0.25, 0.3) is 0 Å². The third-order valence-corrected chi connectivity index (χ3v) is 4.72. The highest BCUT2D eigenvalue weighted by Gasteiger charge is 2.15. The Morgan fingerprint density at radius 3 is 2.89 bits per heavy atom. The molecular weight excluding hydrogens is 354 g/mol. The summed E-state index contributed by atoms with van der Waals surface area (Å²) < 4.78 is 7.09. The van der Waals surface area contributed by atoms with Crippen molar-refractivity contribution in [2.75, 3.05) is 11.9 Å². The van der Waals surface area contributed by atoms with Crippen LogP contribution in [0.1, 0.15) is 18.4 Å². The zero-order valence-corrected chi connectivity index (χ0v) is 15.9. The van der Waals surface area contributed by atoms with E-state index in [0.29, 0.717) is 11.7 Å². The van der Waals surface area contributed by atoms with Crippen LogP contribution in [0, 0.1) is 11.3 Å².